The molecule has 0 bridgehead atoms. The van der Waals surface area contributed by atoms with E-state index in [9.17, 15) is 0 Å². The van der Waals surface area contributed by atoms with E-state index in [1.54, 1.807) is 12.4 Å². The molecule has 0 amide bonds. The standard InChI is InChI=1S/C15H14N4/c1-10-14(11-5-7-17-8-6-11)19-15(18-10)12-3-2-4-13(16)9-12/h2-9H,16H2,1H3,(H,18,19). The van der Waals surface area contributed by atoms with E-state index in [2.05, 4.69) is 15.0 Å². The predicted octanol–water partition coefficient (Wildman–Crippen LogP) is 3.03. The summed E-state index contributed by atoms with van der Waals surface area (Å²) >= 11 is 0. The zero-order chi connectivity index (χ0) is 13.2. The molecule has 4 heteroatoms. The highest BCUT2D eigenvalue weighted by Gasteiger charge is 2.10. The number of aromatic amines is 1. The molecule has 4 nitrogen and oxygen atoms in total. The van der Waals surface area contributed by atoms with E-state index in [0.717, 1.165) is 34.0 Å². The van der Waals surface area contributed by atoms with Crippen molar-refractivity contribution in [2.75, 3.05) is 5.73 Å². The highest BCUT2D eigenvalue weighted by Crippen LogP contribution is 2.25. The number of hydrogen-bond donors (Lipinski definition) is 2. The summed E-state index contributed by atoms with van der Waals surface area (Å²) in [6.45, 7) is 2.01. The molecule has 0 fully saturated rings. The average Bonchev–Trinajstić information content (AvgIpc) is 2.82. The molecule has 3 rings (SSSR count). The molecule has 1 aromatic carbocycles. The molecule has 94 valence electrons. The van der Waals surface area contributed by atoms with Gasteiger partial charge in [-0.2, -0.15) is 0 Å². The normalized spacial score (nSPS) is 10.6. The highest BCUT2D eigenvalue weighted by molar-refractivity contribution is 5.68. The zero-order valence-corrected chi connectivity index (χ0v) is 10.6. The highest BCUT2D eigenvalue weighted by atomic mass is 14.9. The Hall–Kier alpha value is -2.62. The third kappa shape index (κ3) is 2.20. The summed E-state index contributed by atoms with van der Waals surface area (Å²) in [7, 11) is 0. The van der Waals surface area contributed by atoms with Crippen LogP contribution in [0.4, 0.5) is 5.69 Å². The monoisotopic (exact) mass is 250 g/mol. The first-order valence-corrected chi connectivity index (χ1v) is 6.07. The van der Waals surface area contributed by atoms with Crippen molar-refractivity contribution in [2.45, 2.75) is 6.92 Å². The number of pyridine rings is 1. The van der Waals surface area contributed by atoms with Crippen LogP contribution in [0.25, 0.3) is 22.6 Å². The number of nitrogens with one attached hydrogen (secondary N) is 1. The molecule has 19 heavy (non-hydrogen) atoms. The topological polar surface area (TPSA) is 67.6 Å². The maximum atomic E-state index is 5.80. The lowest BCUT2D eigenvalue weighted by atomic mass is 10.2. The minimum absolute atomic E-state index is 0.733. The molecular weight excluding hydrogens is 236 g/mol. The van der Waals surface area contributed by atoms with E-state index in [1.807, 2.05) is 43.3 Å². The van der Waals surface area contributed by atoms with E-state index in [0.29, 0.717) is 0 Å². The van der Waals surface area contributed by atoms with Gasteiger partial charge >= 0.3 is 0 Å². The van der Waals surface area contributed by atoms with Crippen LogP contribution in [-0.2, 0) is 0 Å². The van der Waals surface area contributed by atoms with E-state index in [1.165, 1.54) is 0 Å². The summed E-state index contributed by atoms with van der Waals surface area (Å²) < 4.78 is 0. The van der Waals surface area contributed by atoms with E-state index in [4.69, 9.17) is 5.73 Å². The molecule has 0 saturated carbocycles. The molecule has 3 N–H and O–H groups in total. The first-order chi connectivity index (χ1) is 9.24. The van der Waals surface area contributed by atoms with Gasteiger partial charge in [-0.15, -0.1) is 0 Å². The van der Waals surface area contributed by atoms with Crippen molar-refractivity contribution < 1.29 is 0 Å². The van der Waals surface area contributed by atoms with Crippen LogP contribution in [0.15, 0.2) is 48.8 Å². The van der Waals surface area contributed by atoms with E-state index >= 15 is 0 Å². The molecule has 2 aromatic heterocycles. The van der Waals surface area contributed by atoms with Crippen LogP contribution < -0.4 is 5.73 Å². The molecule has 0 saturated heterocycles. The summed E-state index contributed by atoms with van der Waals surface area (Å²) in [5.41, 5.74) is 10.6. The summed E-state index contributed by atoms with van der Waals surface area (Å²) in [4.78, 5) is 12.0. The lowest BCUT2D eigenvalue weighted by molar-refractivity contribution is 1.25. The van der Waals surface area contributed by atoms with Gasteiger partial charge in [-0.25, -0.2) is 4.98 Å². The molecule has 0 radical (unpaired) electrons. The van der Waals surface area contributed by atoms with Crippen LogP contribution in [0, 0.1) is 6.92 Å². The number of H-pyrrole nitrogens is 1. The lowest BCUT2D eigenvalue weighted by Crippen LogP contribution is -1.86. The molecule has 0 aliphatic heterocycles. The van der Waals surface area contributed by atoms with Crippen LogP contribution >= 0.6 is 0 Å². The van der Waals surface area contributed by atoms with Crippen molar-refractivity contribution >= 4 is 5.69 Å². The summed E-state index contributed by atoms with van der Waals surface area (Å²) in [6.07, 6.45) is 3.53. The fourth-order valence-corrected chi connectivity index (χ4v) is 2.07. The molecule has 0 unspecified atom stereocenters. The number of aryl methyl sites for hydroxylation is 1. The average molecular weight is 250 g/mol. The number of nitrogen functional groups attached to an aromatic ring is 1. The van der Waals surface area contributed by atoms with Crippen molar-refractivity contribution in [1.29, 1.82) is 0 Å². The Bertz CT molecular complexity index is 701. The molecule has 3 aromatic rings. The first kappa shape index (κ1) is 11.5. The Kier molecular flexibility index (Phi) is 2.76. The smallest absolute Gasteiger partial charge is 0.138 e. The third-order valence-electron chi connectivity index (χ3n) is 3.00. The van der Waals surface area contributed by atoms with Crippen molar-refractivity contribution in [3.05, 3.63) is 54.5 Å². The van der Waals surface area contributed by atoms with E-state index < -0.39 is 0 Å². The van der Waals surface area contributed by atoms with Gasteiger partial charge in [-0.1, -0.05) is 12.1 Å². The van der Waals surface area contributed by atoms with Gasteiger partial charge in [0.1, 0.15) is 5.82 Å². The number of rotatable bonds is 2. The number of hydrogen-bond acceptors (Lipinski definition) is 3. The van der Waals surface area contributed by atoms with Crippen molar-refractivity contribution in [3.63, 3.8) is 0 Å². The van der Waals surface area contributed by atoms with Crippen LogP contribution in [0.3, 0.4) is 0 Å². The summed E-state index contributed by atoms with van der Waals surface area (Å²) in [5, 5.41) is 0. The Labute approximate surface area is 111 Å². The number of benzene rings is 1. The van der Waals surface area contributed by atoms with Crippen LogP contribution in [0.5, 0.6) is 0 Å². The Balaban J connectivity index is 2.07. The van der Waals surface area contributed by atoms with Gasteiger partial charge in [0.05, 0.1) is 5.69 Å². The van der Waals surface area contributed by atoms with Gasteiger partial charge in [0.15, 0.2) is 0 Å². The summed E-state index contributed by atoms with van der Waals surface area (Å²) in [5.74, 6) is 0.830. The number of nitrogens with zero attached hydrogens (tertiary/aromatic N) is 2. The minimum Gasteiger partial charge on any atom is -0.399 e. The van der Waals surface area contributed by atoms with Crippen molar-refractivity contribution in [3.8, 4) is 22.6 Å². The van der Waals surface area contributed by atoms with Gasteiger partial charge in [0.25, 0.3) is 0 Å². The molecular formula is C15H14N4. The van der Waals surface area contributed by atoms with Crippen LogP contribution in [0.2, 0.25) is 0 Å². The number of anilines is 1. The Morgan fingerprint density at radius 2 is 1.84 bits per heavy atom. The second kappa shape index (κ2) is 4.57. The van der Waals surface area contributed by atoms with Crippen LogP contribution in [0.1, 0.15) is 5.69 Å². The summed E-state index contributed by atoms with van der Waals surface area (Å²) in [6, 6.07) is 11.6. The van der Waals surface area contributed by atoms with Gasteiger partial charge in [0, 0.05) is 34.9 Å². The van der Waals surface area contributed by atoms with Gasteiger partial charge in [0.2, 0.25) is 0 Å². The maximum Gasteiger partial charge on any atom is 0.138 e. The van der Waals surface area contributed by atoms with Gasteiger partial charge < -0.3 is 10.7 Å². The Morgan fingerprint density at radius 1 is 1.05 bits per heavy atom. The minimum atomic E-state index is 0.733. The lowest BCUT2D eigenvalue weighted by Gasteiger charge is -1.98. The third-order valence-corrected chi connectivity index (χ3v) is 3.00. The molecule has 0 aliphatic carbocycles. The Morgan fingerprint density at radius 3 is 2.58 bits per heavy atom. The van der Waals surface area contributed by atoms with Crippen molar-refractivity contribution in [1.82, 2.24) is 15.0 Å². The second-order valence-electron chi connectivity index (χ2n) is 4.42. The fraction of sp³-hybridized carbons (Fsp3) is 0.0667. The van der Waals surface area contributed by atoms with Crippen molar-refractivity contribution in [2.24, 2.45) is 0 Å². The first-order valence-electron chi connectivity index (χ1n) is 6.07. The van der Waals surface area contributed by atoms with E-state index in [-0.39, 0.29) is 0 Å². The SMILES string of the molecule is Cc1[nH]c(-c2cccc(N)c2)nc1-c1ccncc1. The quantitative estimate of drug-likeness (QED) is 0.687. The predicted molar refractivity (Wildman–Crippen MR) is 76.4 cm³/mol. The second-order valence-corrected chi connectivity index (χ2v) is 4.42. The van der Waals surface area contributed by atoms with Crippen LogP contribution in [-0.4, -0.2) is 15.0 Å². The fourth-order valence-electron chi connectivity index (χ4n) is 2.07. The van der Waals surface area contributed by atoms with Gasteiger partial charge in [-0.3, -0.25) is 4.98 Å². The number of nitrogens with two attached hydrogens (primary N) is 1. The molecule has 2 heterocycles. The maximum absolute atomic E-state index is 5.80. The molecule has 0 spiro atoms. The largest absolute Gasteiger partial charge is 0.399 e. The van der Waals surface area contributed by atoms with Gasteiger partial charge in [-0.05, 0) is 31.2 Å². The number of aromatic nitrogens is 3. The number of imidazole rings is 1. The molecule has 0 aliphatic rings. The zero-order valence-electron chi connectivity index (χ0n) is 10.6. The molecule has 0 atom stereocenters.